The zero-order valence-electron chi connectivity index (χ0n) is 16.7. The Hall–Kier alpha value is -3.40. The van der Waals surface area contributed by atoms with Gasteiger partial charge in [-0.15, -0.1) is 0 Å². The number of hydrogen-bond acceptors (Lipinski definition) is 7. The molecule has 1 fully saturated rings. The zero-order valence-corrected chi connectivity index (χ0v) is 16.7. The maximum Gasteiger partial charge on any atom is 0.258 e. The second-order valence-electron chi connectivity index (χ2n) is 7.47. The summed E-state index contributed by atoms with van der Waals surface area (Å²) >= 11 is 0. The summed E-state index contributed by atoms with van der Waals surface area (Å²) in [5, 5.41) is 13.5. The molecule has 1 aliphatic rings. The molecule has 0 bridgehead atoms. The average Bonchev–Trinajstić information content (AvgIpc) is 3.13. The van der Waals surface area contributed by atoms with E-state index in [-0.39, 0.29) is 5.92 Å². The van der Waals surface area contributed by atoms with E-state index in [1.165, 1.54) is 0 Å². The van der Waals surface area contributed by atoms with Gasteiger partial charge in [0.05, 0.1) is 11.3 Å². The van der Waals surface area contributed by atoms with Crippen molar-refractivity contribution in [3.63, 3.8) is 0 Å². The average molecular weight is 388 g/mol. The topological polar surface area (TPSA) is 82.1 Å². The van der Waals surface area contributed by atoms with Crippen molar-refractivity contribution in [1.82, 2.24) is 15.1 Å². The van der Waals surface area contributed by atoms with Gasteiger partial charge in [-0.05, 0) is 30.7 Å². The third kappa shape index (κ3) is 4.06. The van der Waals surface area contributed by atoms with Crippen molar-refractivity contribution in [3.8, 4) is 17.5 Å². The van der Waals surface area contributed by atoms with E-state index in [9.17, 15) is 5.26 Å². The van der Waals surface area contributed by atoms with E-state index in [1.807, 2.05) is 50.2 Å². The molecule has 0 atom stereocenters. The fourth-order valence-electron chi connectivity index (χ4n) is 3.54. The van der Waals surface area contributed by atoms with E-state index in [1.54, 1.807) is 6.20 Å². The van der Waals surface area contributed by atoms with Crippen molar-refractivity contribution in [1.29, 1.82) is 5.26 Å². The van der Waals surface area contributed by atoms with Gasteiger partial charge in [0.15, 0.2) is 5.82 Å². The van der Waals surface area contributed by atoms with Crippen LogP contribution in [-0.4, -0.2) is 41.3 Å². The van der Waals surface area contributed by atoms with Crippen molar-refractivity contribution in [2.45, 2.75) is 26.2 Å². The molecule has 0 spiro atoms. The molecule has 1 saturated heterocycles. The Morgan fingerprint density at radius 3 is 2.66 bits per heavy atom. The smallest absolute Gasteiger partial charge is 0.258 e. The van der Waals surface area contributed by atoms with Crippen LogP contribution in [0.3, 0.4) is 0 Å². The minimum absolute atomic E-state index is 0.224. The fourth-order valence-corrected chi connectivity index (χ4v) is 3.54. The summed E-state index contributed by atoms with van der Waals surface area (Å²) in [5.74, 6) is 2.36. The van der Waals surface area contributed by atoms with Gasteiger partial charge in [0.1, 0.15) is 11.9 Å². The summed E-state index contributed by atoms with van der Waals surface area (Å²) in [7, 11) is 0. The van der Waals surface area contributed by atoms with Gasteiger partial charge >= 0.3 is 0 Å². The van der Waals surface area contributed by atoms with Crippen LogP contribution in [0.4, 0.5) is 11.5 Å². The second-order valence-corrected chi connectivity index (χ2v) is 7.47. The van der Waals surface area contributed by atoms with Crippen LogP contribution in [0, 0.1) is 11.3 Å². The Morgan fingerprint density at radius 1 is 1.07 bits per heavy atom. The van der Waals surface area contributed by atoms with E-state index >= 15 is 0 Å². The molecule has 0 unspecified atom stereocenters. The Labute approximate surface area is 170 Å². The van der Waals surface area contributed by atoms with Crippen molar-refractivity contribution in [2.24, 2.45) is 0 Å². The van der Waals surface area contributed by atoms with Gasteiger partial charge in [-0.25, -0.2) is 4.98 Å². The van der Waals surface area contributed by atoms with Crippen molar-refractivity contribution < 1.29 is 4.52 Å². The molecule has 0 amide bonds. The number of rotatable bonds is 4. The highest BCUT2D eigenvalue weighted by atomic mass is 16.5. The van der Waals surface area contributed by atoms with Crippen LogP contribution in [0.25, 0.3) is 11.5 Å². The summed E-state index contributed by atoms with van der Waals surface area (Å²) in [4.78, 5) is 13.6. The summed E-state index contributed by atoms with van der Waals surface area (Å²) in [5.41, 5.74) is 2.61. The summed E-state index contributed by atoms with van der Waals surface area (Å²) in [6.45, 7) is 7.57. The van der Waals surface area contributed by atoms with Gasteiger partial charge in [-0.1, -0.05) is 31.1 Å². The van der Waals surface area contributed by atoms with E-state index in [2.05, 4.69) is 31.0 Å². The molecule has 1 aromatic carbocycles. The molecule has 0 N–H and O–H groups in total. The number of nitrogens with zero attached hydrogens (tertiary/aromatic N) is 6. The van der Waals surface area contributed by atoms with Crippen molar-refractivity contribution in [3.05, 3.63) is 54.0 Å². The first kappa shape index (κ1) is 18.9. The number of anilines is 2. The van der Waals surface area contributed by atoms with Gasteiger partial charge in [0, 0.05) is 43.9 Å². The van der Waals surface area contributed by atoms with Crippen LogP contribution in [-0.2, 0) is 0 Å². The molecule has 3 heterocycles. The summed E-state index contributed by atoms with van der Waals surface area (Å²) in [6.07, 6.45) is 2.78. The number of aromatic nitrogens is 3. The lowest BCUT2D eigenvalue weighted by Gasteiger charge is -2.25. The Bertz CT molecular complexity index is 1020. The first-order valence-electron chi connectivity index (χ1n) is 9.95. The molecule has 1 aliphatic heterocycles. The largest absolute Gasteiger partial charge is 0.369 e. The van der Waals surface area contributed by atoms with Crippen molar-refractivity contribution >= 4 is 11.5 Å². The molecule has 3 aromatic rings. The molecular formula is C22H24N6O. The number of benzene rings is 1. The lowest BCUT2D eigenvalue weighted by Crippen LogP contribution is -2.31. The predicted molar refractivity (Wildman–Crippen MR) is 112 cm³/mol. The van der Waals surface area contributed by atoms with Crippen LogP contribution in [0.5, 0.6) is 0 Å². The SMILES string of the molecule is CC(C)c1noc(-c2ccnc(N3CCCN(c4ccccc4C#N)CC3)c2)n1. The fraction of sp³-hybridized carbons (Fsp3) is 0.364. The molecular weight excluding hydrogens is 364 g/mol. The van der Waals surface area contributed by atoms with E-state index in [4.69, 9.17) is 4.52 Å². The lowest BCUT2D eigenvalue weighted by molar-refractivity contribution is 0.419. The Kier molecular flexibility index (Phi) is 5.43. The van der Waals surface area contributed by atoms with Gasteiger partial charge in [-0.2, -0.15) is 10.2 Å². The summed E-state index contributed by atoms with van der Waals surface area (Å²) < 4.78 is 5.43. The number of hydrogen-bond donors (Lipinski definition) is 0. The lowest BCUT2D eigenvalue weighted by atomic mass is 10.1. The minimum atomic E-state index is 0.224. The maximum atomic E-state index is 9.41. The van der Waals surface area contributed by atoms with E-state index in [0.717, 1.165) is 55.2 Å². The molecule has 7 heteroatoms. The Balaban J connectivity index is 1.52. The predicted octanol–water partition coefficient (Wildman–Crippen LogP) is 3.84. The third-order valence-electron chi connectivity index (χ3n) is 5.14. The highest BCUT2D eigenvalue weighted by Crippen LogP contribution is 2.25. The molecule has 0 aliphatic carbocycles. The van der Waals surface area contributed by atoms with Crippen LogP contribution in [0.2, 0.25) is 0 Å². The first-order valence-corrected chi connectivity index (χ1v) is 9.95. The molecule has 0 saturated carbocycles. The van der Waals surface area contributed by atoms with E-state index < -0.39 is 0 Å². The quantitative estimate of drug-likeness (QED) is 0.671. The molecule has 0 radical (unpaired) electrons. The first-order chi connectivity index (χ1) is 14.2. The van der Waals surface area contributed by atoms with Crippen LogP contribution in [0.1, 0.15) is 37.6 Å². The van der Waals surface area contributed by atoms with Gasteiger partial charge in [-0.3, -0.25) is 0 Å². The molecule has 2 aromatic heterocycles. The molecule has 29 heavy (non-hydrogen) atoms. The van der Waals surface area contributed by atoms with Crippen LogP contribution < -0.4 is 9.80 Å². The van der Waals surface area contributed by atoms with Crippen LogP contribution >= 0.6 is 0 Å². The van der Waals surface area contributed by atoms with Crippen LogP contribution in [0.15, 0.2) is 47.1 Å². The van der Waals surface area contributed by atoms with Gasteiger partial charge in [0.2, 0.25) is 0 Å². The Morgan fingerprint density at radius 2 is 1.86 bits per heavy atom. The van der Waals surface area contributed by atoms with Gasteiger partial charge in [0.25, 0.3) is 5.89 Å². The van der Waals surface area contributed by atoms with Crippen molar-refractivity contribution in [2.75, 3.05) is 36.0 Å². The normalized spacial score (nSPS) is 14.7. The third-order valence-corrected chi connectivity index (χ3v) is 5.14. The zero-order chi connectivity index (χ0) is 20.2. The highest BCUT2D eigenvalue weighted by molar-refractivity contribution is 5.61. The monoisotopic (exact) mass is 388 g/mol. The highest BCUT2D eigenvalue weighted by Gasteiger charge is 2.19. The van der Waals surface area contributed by atoms with Gasteiger partial charge < -0.3 is 14.3 Å². The number of nitriles is 1. The minimum Gasteiger partial charge on any atom is -0.369 e. The molecule has 7 nitrogen and oxygen atoms in total. The maximum absolute atomic E-state index is 9.41. The van der Waals surface area contributed by atoms with E-state index in [0.29, 0.717) is 11.7 Å². The second kappa shape index (κ2) is 8.31. The molecule has 148 valence electrons. The number of pyridine rings is 1. The number of para-hydroxylation sites is 1. The standard InChI is InChI=1S/C22H24N6O/c1-16(2)21-25-22(29-26-21)17-8-9-24-20(14-17)28-11-5-10-27(12-13-28)19-7-4-3-6-18(19)15-23/h3-4,6-9,14,16H,5,10-13H2,1-2H3. The summed E-state index contributed by atoms with van der Waals surface area (Å²) in [6, 6.07) is 14.0. The molecule has 4 rings (SSSR count).